The molecule has 3 N–H and O–H groups in total. The van der Waals surface area contributed by atoms with Gasteiger partial charge in [0.1, 0.15) is 17.7 Å². The Hall–Kier alpha value is -3.73. The first-order chi connectivity index (χ1) is 16.5. The maximum Gasteiger partial charge on any atom is 0.408 e. The van der Waals surface area contributed by atoms with Gasteiger partial charge in [-0.25, -0.2) is 4.79 Å². The maximum absolute atomic E-state index is 13.1. The van der Waals surface area contributed by atoms with Crippen LogP contribution in [0.2, 0.25) is 0 Å². The zero-order valence-electron chi connectivity index (χ0n) is 20.0. The number of carbonyl (C=O) groups is 5. The van der Waals surface area contributed by atoms with Gasteiger partial charge in [-0.05, 0) is 39.3 Å². The summed E-state index contributed by atoms with van der Waals surface area (Å²) in [5.74, 6) is -1.82. The number of imide groups is 1. The SMILES string of the molecule is C=CCOC[C@@H](NC(=O)OC(C)(C)C)C(=O)Nc1cccc2c1CN(C1CCC(=O)NC1=O)C2=O. The molecule has 0 spiro atoms. The second-order valence-electron chi connectivity index (χ2n) is 9.25. The van der Waals surface area contributed by atoms with E-state index in [0.29, 0.717) is 16.8 Å². The number of hydrogen-bond acceptors (Lipinski definition) is 7. The molecule has 2 aliphatic heterocycles. The summed E-state index contributed by atoms with van der Waals surface area (Å²) in [5, 5.41) is 7.52. The van der Waals surface area contributed by atoms with Crippen LogP contribution in [0, 0.1) is 0 Å². The number of fused-ring (bicyclic) bond motifs is 1. The van der Waals surface area contributed by atoms with Gasteiger partial charge in [0.2, 0.25) is 17.7 Å². The summed E-state index contributed by atoms with van der Waals surface area (Å²) < 4.78 is 10.6. The summed E-state index contributed by atoms with van der Waals surface area (Å²) in [6.45, 7) is 8.80. The van der Waals surface area contributed by atoms with Gasteiger partial charge in [-0.3, -0.25) is 24.5 Å². The van der Waals surface area contributed by atoms with Crippen LogP contribution in [-0.2, 0) is 30.4 Å². The first-order valence-corrected chi connectivity index (χ1v) is 11.3. The lowest BCUT2D eigenvalue weighted by Crippen LogP contribution is -2.52. The van der Waals surface area contributed by atoms with E-state index in [4.69, 9.17) is 9.47 Å². The van der Waals surface area contributed by atoms with Crippen LogP contribution in [0.4, 0.5) is 10.5 Å². The molecule has 1 fully saturated rings. The summed E-state index contributed by atoms with van der Waals surface area (Å²) >= 11 is 0. The summed E-state index contributed by atoms with van der Waals surface area (Å²) in [4.78, 5) is 63.5. The van der Waals surface area contributed by atoms with E-state index < -0.39 is 35.6 Å². The Morgan fingerprint density at radius 3 is 2.69 bits per heavy atom. The molecule has 0 bridgehead atoms. The van der Waals surface area contributed by atoms with E-state index in [0.717, 1.165) is 0 Å². The number of hydrogen-bond donors (Lipinski definition) is 3. The molecule has 1 aromatic carbocycles. The van der Waals surface area contributed by atoms with Crippen molar-refractivity contribution in [3.05, 3.63) is 42.0 Å². The van der Waals surface area contributed by atoms with Crippen LogP contribution in [0.1, 0.15) is 49.5 Å². The van der Waals surface area contributed by atoms with E-state index in [-0.39, 0.29) is 44.4 Å². The first kappa shape index (κ1) is 25.9. The summed E-state index contributed by atoms with van der Waals surface area (Å²) in [5.41, 5.74) is 0.508. The van der Waals surface area contributed by atoms with Crippen LogP contribution < -0.4 is 16.0 Å². The van der Waals surface area contributed by atoms with Crippen molar-refractivity contribution in [2.45, 2.75) is 57.8 Å². The smallest absolute Gasteiger partial charge is 0.408 e. The topological polar surface area (TPSA) is 143 Å². The second-order valence-corrected chi connectivity index (χ2v) is 9.25. The number of ether oxygens (including phenoxy) is 2. The van der Waals surface area contributed by atoms with Gasteiger partial charge in [-0.2, -0.15) is 0 Å². The lowest BCUT2D eigenvalue weighted by molar-refractivity contribution is -0.137. The molecule has 2 aliphatic rings. The second kappa shape index (κ2) is 10.7. The highest BCUT2D eigenvalue weighted by atomic mass is 16.6. The summed E-state index contributed by atoms with van der Waals surface area (Å²) in [6, 6.07) is 3.01. The molecule has 2 heterocycles. The van der Waals surface area contributed by atoms with Crippen molar-refractivity contribution in [2.24, 2.45) is 0 Å². The van der Waals surface area contributed by atoms with E-state index >= 15 is 0 Å². The minimum Gasteiger partial charge on any atom is -0.444 e. The summed E-state index contributed by atoms with van der Waals surface area (Å²) in [6.07, 6.45) is 1.11. The fourth-order valence-corrected chi connectivity index (χ4v) is 3.82. The van der Waals surface area contributed by atoms with Crippen molar-refractivity contribution in [2.75, 3.05) is 18.5 Å². The van der Waals surface area contributed by atoms with Gasteiger partial charge >= 0.3 is 6.09 Å². The van der Waals surface area contributed by atoms with Crippen molar-refractivity contribution in [1.29, 1.82) is 0 Å². The zero-order valence-corrected chi connectivity index (χ0v) is 20.0. The van der Waals surface area contributed by atoms with Crippen LogP contribution in [0.3, 0.4) is 0 Å². The Balaban J connectivity index is 1.76. The van der Waals surface area contributed by atoms with Crippen LogP contribution in [-0.4, -0.2) is 65.5 Å². The molecule has 188 valence electrons. The van der Waals surface area contributed by atoms with Gasteiger partial charge in [-0.15, -0.1) is 6.58 Å². The quantitative estimate of drug-likeness (QED) is 0.287. The largest absolute Gasteiger partial charge is 0.444 e. The minimum atomic E-state index is -1.08. The van der Waals surface area contributed by atoms with E-state index in [1.165, 1.54) is 11.0 Å². The number of benzene rings is 1. The molecular formula is C24H30N4O7. The lowest BCUT2D eigenvalue weighted by atomic mass is 10.0. The van der Waals surface area contributed by atoms with E-state index in [9.17, 15) is 24.0 Å². The Morgan fingerprint density at radius 1 is 1.29 bits per heavy atom. The normalized spacial score (nSPS) is 18.4. The molecule has 1 aromatic rings. The highest BCUT2D eigenvalue weighted by Gasteiger charge is 2.40. The molecule has 0 aromatic heterocycles. The number of piperidine rings is 1. The van der Waals surface area contributed by atoms with Gasteiger partial charge < -0.3 is 25.0 Å². The van der Waals surface area contributed by atoms with Crippen LogP contribution in [0.5, 0.6) is 0 Å². The molecule has 3 rings (SSSR count). The maximum atomic E-state index is 13.1. The number of anilines is 1. The molecule has 11 heteroatoms. The predicted molar refractivity (Wildman–Crippen MR) is 125 cm³/mol. The van der Waals surface area contributed by atoms with E-state index in [2.05, 4.69) is 22.5 Å². The monoisotopic (exact) mass is 486 g/mol. The highest BCUT2D eigenvalue weighted by molar-refractivity contribution is 6.07. The van der Waals surface area contributed by atoms with Gasteiger partial charge in [0.25, 0.3) is 5.91 Å². The average Bonchev–Trinajstić information content (AvgIpc) is 3.09. The Labute approximate surface area is 203 Å². The summed E-state index contributed by atoms with van der Waals surface area (Å²) in [7, 11) is 0. The number of carbonyl (C=O) groups excluding carboxylic acids is 5. The van der Waals surface area contributed by atoms with Crippen molar-refractivity contribution in [3.8, 4) is 0 Å². The van der Waals surface area contributed by atoms with E-state index in [1.54, 1.807) is 39.0 Å². The van der Waals surface area contributed by atoms with Gasteiger partial charge in [0, 0.05) is 29.8 Å². The number of alkyl carbamates (subject to hydrolysis) is 1. The zero-order chi connectivity index (χ0) is 25.8. The molecule has 0 aliphatic carbocycles. The predicted octanol–water partition coefficient (Wildman–Crippen LogP) is 1.48. The standard InChI is InChI=1S/C24H30N4O7/c1-5-11-34-13-17(26-23(33)35-24(2,3)4)20(30)25-16-8-6-7-14-15(16)12-28(22(14)32)18-9-10-19(29)27-21(18)31/h5-8,17-18H,1,9-13H2,2-4H3,(H,25,30)(H,26,33)(H,27,29,31)/t17-,18?/m1/s1. The van der Waals surface area contributed by atoms with Crippen LogP contribution in [0.25, 0.3) is 0 Å². The molecule has 35 heavy (non-hydrogen) atoms. The van der Waals surface area contributed by atoms with Crippen molar-refractivity contribution >= 4 is 35.4 Å². The first-order valence-electron chi connectivity index (χ1n) is 11.3. The molecular weight excluding hydrogens is 456 g/mol. The molecule has 1 unspecified atom stereocenters. The Bertz CT molecular complexity index is 1050. The molecule has 11 nitrogen and oxygen atoms in total. The van der Waals surface area contributed by atoms with Gasteiger partial charge in [-0.1, -0.05) is 12.1 Å². The molecule has 0 saturated carbocycles. The van der Waals surface area contributed by atoms with Gasteiger partial charge in [0.05, 0.1) is 13.2 Å². The van der Waals surface area contributed by atoms with Crippen molar-refractivity contribution < 1.29 is 33.4 Å². The minimum absolute atomic E-state index is 0.0913. The highest BCUT2D eigenvalue weighted by Crippen LogP contribution is 2.32. The van der Waals surface area contributed by atoms with Crippen molar-refractivity contribution in [3.63, 3.8) is 0 Å². The fraction of sp³-hybridized carbons (Fsp3) is 0.458. The van der Waals surface area contributed by atoms with Crippen LogP contribution in [0.15, 0.2) is 30.9 Å². The van der Waals surface area contributed by atoms with Crippen molar-refractivity contribution in [1.82, 2.24) is 15.5 Å². The lowest BCUT2D eigenvalue weighted by Gasteiger charge is -2.29. The molecule has 5 amide bonds. The molecule has 0 radical (unpaired) electrons. The van der Waals surface area contributed by atoms with Gasteiger partial charge in [0.15, 0.2) is 0 Å². The number of nitrogens with one attached hydrogen (secondary N) is 3. The number of nitrogens with zero attached hydrogens (tertiary/aromatic N) is 1. The fourth-order valence-electron chi connectivity index (χ4n) is 3.82. The van der Waals surface area contributed by atoms with Crippen LogP contribution >= 0.6 is 0 Å². The third-order valence-corrected chi connectivity index (χ3v) is 5.37. The molecule has 1 saturated heterocycles. The third kappa shape index (κ3) is 6.44. The Kier molecular flexibility index (Phi) is 7.90. The molecule has 2 atom stereocenters. The number of rotatable bonds is 8. The van der Waals surface area contributed by atoms with E-state index in [1.807, 2.05) is 0 Å². The Morgan fingerprint density at radius 2 is 2.03 bits per heavy atom. The number of amides is 5. The average molecular weight is 487 g/mol. The third-order valence-electron chi connectivity index (χ3n) is 5.37.